The molecular weight excluding hydrogens is 424 g/mol. The number of nitrogens with zero attached hydrogens (tertiary/aromatic N) is 3. The molecule has 1 atom stereocenters. The first-order chi connectivity index (χ1) is 14.3. The van der Waals surface area contributed by atoms with Crippen LogP contribution in [0.15, 0.2) is 28.5 Å². The van der Waals surface area contributed by atoms with Crippen LogP contribution in [0.4, 0.5) is 0 Å². The molecule has 2 rings (SSSR count). The van der Waals surface area contributed by atoms with Gasteiger partial charge in [0.25, 0.3) is 5.91 Å². The predicted molar refractivity (Wildman–Crippen MR) is 121 cm³/mol. The van der Waals surface area contributed by atoms with Crippen LogP contribution in [0.2, 0.25) is 5.02 Å². The maximum Gasteiger partial charge on any atom is 0.250 e. The highest BCUT2D eigenvalue weighted by Crippen LogP contribution is 2.37. The summed E-state index contributed by atoms with van der Waals surface area (Å²) in [5, 5.41) is 5.00. The van der Waals surface area contributed by atoms with Crippen LogP contribution in [0, 0.1) is 13.8 Å². The summed E-state index contributed by atoms with van der Waals surface area (Å²) in [5.41, 5.74) is 4.92. The van der Waals surface area contributed by atoms with Gasteiger partial charge in [0.2, 0.25) is 0 Å². The van der Waals surface area contributed by atoms with E-state index in [1.165, 1.54) is 18.0 Å². The Kier molecular flexibility index (Phi) is 9.39. The molecule has 162 valence electrons. The van der Waals surface area contributed by atoms with Gasteiger partial charge in [0.1, 0.15) is 0 Å². The molecule has 1 aromatic heterocycles. The van der Waals surface area contributed by atoms with Crippen LogP contribution in [0.3, 0.4) is 0 Å². The Morgan fingerprint density at radius 3 is 2.60 bits per heavy atom. The number of rotatable bonds is 10. The lowest BCUT2D eigenvalue weighted by Gasteiger charge is -2.18. The van der Waals surface area contributed by atoms with Gasteiger partial charge in [-0.15, -0.1) is 0 Å². The highest BCUT2D eigenvalue weighted by atomic mass is 35.5. The fraction of sp³-hybridized carbons (Fsp3) is 0.429. The first kappa shape index (κ1) is 24.0. The number of benzene rings is 1. The molecule has 0 aliphatic rings. The number of carbonyl (C=O) groups is 1. The molecule has 0 fully saturated rings. The molecule has 2 aromatic rings. The number of nitrogens with one attached hydrogen (secondary N) is 1. The van der Waals surface area contributed by atoms with Crippen molar-refractivity contribution in [3.63, 3.8) is 0 Å². The number of halogens is 1. The van der Waals surface area contributed by atoms with Gasteiger partial charge in [0.05, 0.1) is 29.7 Å². The summed E-state index contributed by atoms with van der Waals surface area (Å²) < 4.78 is 11.5. The van der Waals surface area contributed by atoms with Crippen LogP contribution >= 0.6 is 23.4 Å². The van der Waals surface area contributed by atoms with Crippen LogP contribution in [0.1, 0.15) is 44.1 Å². The first-order valence-electron chi connectivity index (χ1n) is 9.72. The summed E-state index contributed by atoms with van der Waals surface area (Å²) in [7, 11) is 0. The molecular formula is C21H27ClN4O3S. The van der Waals surface area contributed by atoms with E-state index in [0.29, 0.717) is 33.8 Å². The fourth-order valence-corrected chi connectivity index (χ4v) is 3.43. The van der Waals surface area contributed by atoms with Crippen molar-refractivity contribution < 1.29 is 14.3 Å². The van der Waals surface area contributed by atoms with Crippen molar-refractivity contribution in [3.8, 4) is 11.5 Å². The Morgan fingerprint density at radius 1 is 1.27 bits per heavy atom. The molecule has 0 radical (unpaired) electrons. The van der Waals surface area contributed by atoms with E-state index in [1.807, 2.05) is 40.7 Å². The van der Waals surface area contributed by atoms with Crippen molar-refractivity contribution in [3.05, 3.63) is 40.2 Å². The van der Waals surface area contributed by atoms with Gasteiger partial charge in [-0.1, -0.05) is 30.3 Å². The van der Waals surface area contributed by atoms with Gasteiger partial charge in [-0.25, -0.2) is 15.4 Å². The Bertz CT molecular complexity index is 888. The number of hydrazone groups is 1. The summed E-state index contributed by atoms with van der Waals surface area (Å²) in [5.74, 6) is 0.957. The van der Waals surface area contributed by atoms with E-state index >= 15 is 0 Å². The monoisotopic (exact) mass is 450 g/mol. The minimum Gasteiger partial charge on any atom is -0.490 e. The van der Waals surface area contributed by atoms with E-state index in [0.717, 1.165) is 17.8 Å². The third kappa shape index (κ3) is 7.50. The molecule has 1 aromatic carbocycles. The molecule has 9 heteroatoms. The van der Waals surface area contributed by atoms with Crippen LogP contribution in [-0.2, 0) is 4.79 Å². The first-order valence-corrected chi connectivity index (χ1v) is 11.1. The van der Waals surface area contributed by atoms with Crippen molar-refractivity contribution in [1.82, 2.24) is 15.4 Å². The second-order valence-electron chi connectivity index (χ2n) is 6.61. The largest absolute Gasteiger partial charge is 0.490 e. The van der Waals surface area contributed by atoms with Gasteiger partial charge in [-0.05, 0) is 57.9 Å². The lowest BCUT2D eigenvalue weighted by molar-refractivity contribution is -0.118. The third-order valence-corrected chi connectivity index (χ3v) is 5.05. The van der Waals surface area contributed by atoms with E-state index in [1.54, 1.807) is 12.1 Å². The fourth-order valence-electron chi connectivity index (χ4n) is 2.42. The second-order valence-corrected chi connectivity index (χ2v) is 7.96. The lowest BCUT2D eigenvalue weighted by atomic mass is 10.2. The smallest absolute Gasteiger partial charge is 0.250 e. The number of hydrogen-bond donors (Lipinski definition) is 1. The molecule has 0 aliphatic carbocycles. The van der Waals surface area contributed by atoms with E-state index in [2.05, 4.69) is 20.5 Å². The number of thioether (sulfide) groups is 1. The molecule has 30 heavy (non-hydrogen) atoms. The zero-order valence-electron chi connectivity index (χ0n) is 17.9. The summed E-state index contributed by atoms with van der Waals surface area (Å²) in [6.07, 6.45) is 2.37. The number of hydrogen-bond acceptors (Lipinski definition) is 7. The third-order valence-electron chi connectivity index (χ3n) is 3.92. The van der Waals surface area contributed by atoms with E-state index in [-0.39, 0.29) is 17.8 Å². The van der Waals surface area contributed by atoms with Crippen LogP contribution in [0.25, 0.3) is 0 Å². The second kappa shape index (κ2) is 11.8. The van der Waals surface area contributed by atoms with Crippen LogP contribution in [0.5, 0.6) is 11.5 Å². The van der Waals surface area contributed by atoms with Gasteiger partial charge >= 0.3 is 0 Å². The zero-order chi connectivity index (χ0) is 22.1. The number of carbonyl (C=O) groups excluding carboxylic acids is 1. The SMILES string of the molecule is CCOc1cc(/C=N\NC(=O)CSc2nc(C)cc(C)n2)cc(Cl)c1O[C@@H](C)CC. The molecule has 0 saturated heterocycles. The molecule has 0 unspecified atom stereocenters. The van der Waals surface area contributed by atoms with Gasteiger partial charge in [-0.2, -0.15) is 5.10 Å². The summed E-state index contributed by atoms with van der Waals surface area (Å²) in [6.45, 7) is 10.2. The van der Waals surface area contributed by atoms with E-state index < -0.39 is 0 Å². The Morgan fingerprint density at radius 2 is 1.97 bits per heavy atom. The normalized spacial score (nSPS) is 12.1. The standard InChI is InChI=1S/C21H27ClN4O3S/c1-6-15(5)29-20-17(22)9-16(10-18(20)28-7-2)11-23-26-19(27)12-30-21-24-13(3)8-14(4)25-21/h8-11,15H,6-7,12H2,1-5H3,(H,26,27)/b23-11-/t15-/m0/s1. The molecule has 0 aliphatic heterocycles. The van der Waals surface area contributed by atoms with Crippen molar-refractivity contribution in [1.29, 1.82) is 0 Å². The van der Waals surface area contributed by atoms with Gasteiger partial charge in [0, 0.05) is 11.4 Å². The number of aromatic nitrogens is 2. The molecule has 1 N–H and O–H groups in total. The van der Waals surface area contributed by atoms with Crippen molar-refractivity contribution in [2.45, 2.75) is 52.3 Å². The highest BCUT2D eigenvalue weighted by molar-refractivity contribution is 7.99. The van der Waals surface area contributed by atoms with E-state index in [4.69, 9.17) is 21.1 Å². The number of aryl methyl sites for hydroxylation is 2. The molecule has 1 amide bonds. The van der Waals surface area contributed by atoms with E-state index in [9.17, 15) is 4.79 Å². The number of ether oxygens (including phenoxy) is 2. The summed E-state index contributed by atoms with van der Waals surface area (Å²) in [4.78, 5) is 20.6. The average molecular weight is 451 g/mol. The molecule has 0 bridgehead atoms. The topological polar surface area (TPSA) is 85.7 Å². The number of amides is 1. The maximum absolute atomic E-state index is 12.0. The van der Waals surface area contributed by atoms with Crippen LogP contribution in [-0.4, -0.2) is 40.6 Å². The zero-order valence-corrected chi connectivity index (χ0v) is 19.4. The Labute approximate surface area is 186 Å². The predicted octanol–water partition coefficient (Wildman–Crippen LogP) is 4.57. The minimum atomic E-state index is -0.258. The van der Waals surface area contributed by atoms with Crippen molar-refractivity contribution in [2.24, 2.45) is 5.10 Å². The van der Waals surface area contributed by atoms with Crippen LogP contribution < -0.4 is 14.9 Å². The van der Waals surface area contributed by atoms with Gasteiger partial charge in [0.15, 0.2) is 16.7 Å². The molecule has 7 nitrogen and oxygen atoms in total. The van der Waals surface area contributed by atoms with Crippen molar-refractivity contribution >= 4 is 35.5 Å². The maximum atomic E-state index is 12.0. The highest BCUT2D eigenvalue weighted by Gasteiger charge is 2.14. The van der Waals surface area contributed by atoms with Gasteiger partial charge in [-0.3, -0.25) is 4.79 Å². The quantitative estimate of drug-likeness (QED) is 0.247. The van der Waals surface area contributed by atoms with Crippen molar-refractivity contribution in [2.75, 3.05) is 12.4 Å². The average Bonchev–Trinajstić information content (AvgIpc) is 2.68. The van der Waals surface area contributed by atoms with Gasteiger partial charge < -0.3 is 9.47 Å². The molecule has 1 heterocycles. The lowest BCUT2D eigenvalue weighted by Crippen LogP contribution is -2.19. The molecule has 0 spiro atoms. The Balaban J connectivity index is 1.99. The Hall–Kier alpha value is -2.32. The molecule has 0 saturated carbocycles. The minimum absolute atomic E-state index is 0.0131. The summed E-state index contributed by atoms with van der Waals surface area (Å²) >= 11 is 7.64. The summed E-state index contributed by atoms with van der Waals surface area (Å²) in [6, 6.07) is 5.38.